The van der Waals surface area contributed by atoms with E-state index < -0.39 is 15.9 Å². The number of carbonyl (C=O) groups is 1. The molecule has 0 saturated carbocycles. The van der Waals surface area contributed by atoms with Gasteiger partial charge in [-0.1, -0.05) is 41.9 Å². The Balaban J connectivity index is 1.61. The number of halogens is 1. The van der Waals surface area contributed by atoms with Crippen LogP contribution in [-0.2, 0) is 10.0 Å². The highest BCUT2D eigenvalue weighted by Gasteiger charge is 2.26. The fourth-order valence-electron chi connectivity index (χ4n) is 3.95. The molecule has 1 aliphatic heterocycles. The molecule has 0 unspecified atom stereocenters. The number of hydrogen-bond donors (Lipinski definition) is 1. The predicted octanol–water partition coefficient (Wildman–Crippen LogP) is 5.41. The van der Waals surface area contributed by atoms with Crippen LogP contribution in [0.1, 0.15) is 29.6 Å². The molecular weight excluding hydrogens is 458 g/mol. The van der Waals surface area contributed by atoms with Crippen LogP contribution < -0.4 is 14.5 Å². The highest BCUT2D eigenvalue weighted by Crippen LogP contribution is 2.31. The number of benzene rings is 3. The van der Waals surface area contributed by atoms with Crippen LogP contribution in [0.15, 0.2) is 77.7 Å². The number of anilines is 3. The third-order valence-corrected chi connectivity index (χ3v) is 8.07. The molecule has 8 heteroatoms. The molecule has 0 atom stereocenters. The predicted molar refractivity (Wildman–Crippen MR) is 134 cm³/mol. The Labute approximate surface area is 199 Å². The third-order valence-electron chi connectivity index (χ3n) is 5.80. The minimum atomic E-state index is -3.96. The third kappa shape index (κ3) is 4.99. The molecule has 1 amide bonds. The lowest BCUT2D eigenvalue weighted by Crippen LogP contribution is -2.30. The first-order valence-electron chi connectivity index (χ1n) is 10.9. The molecule has 172 valence electrons. The molecule has 0 spiro atoms. The average Bonchev–Trinajstić information content (AvgIpc) is 2.85. The topological polar surface area (TPSA) is 69.7 Å². The molecule has 1 N–H and O–H groups in total. The number of amides is 1. The normalized spacial score (nSPS) is 14.1. The summed E-state index contributed by atoms with van der Waals surface area (Å²) in [5, 5.41) is 3.01. The van der Waals surface area contributed by atoms with E-state index in [-0.39, 0.29) is 15.5 Å². The number of nitrogens with zero attached hydrogens (tertiary/aromatic N) is 2. The van der Waals surface area contributed by atoms with Crippen LogP contribution in [0, 0.1) is 0 Å². The van der Waals surface area contributed by atoms with Crippen molar-refractivity contribution < 1.29 is 13.2 Å². The molecule has 3 aromatic rings. The first-order chi connectivity index (χ1) is 15.9. The molecule has 1 fully saturated rings. The van der Waals surface area contributed by atoms with Crippen LogP contribution in [0.3, 0.4) is 0 Å². The number of nitrogens with one attached hydrogen (secondary N) is 1. The van der Waals surface area contributed by atoms with Gasteiger partial charge in [0.1, 0.15) is 4.90 Å². The van der Waals surface area contributed by atoms with Gasteiger partial charge in [-0.3, -0.25) is 9.10 Å². The van der Waals surface area contributed by atoms with Gasteiger partial charge in [-0.2, -0.15) is 0 Å². The fourth-order valence-corrected chi connectivity index (χ4v) is 5.65. The zero-order chi connectivity index (χ0) is 23.4. The Kier molecular flexibility index (Phi) is 6.91. The Hall–Kier alpha value is -3.03. The highest BCUT2D eigenvalue weighted by molar-refractivity contribution is 7.93. The second kappa shape index (κ2) is 9.85. The summed E-state index contributed by atoms with van der Waals surface area (Å²) in [6.45, 7) is 1.89. The standard InChI is InChI=1S/C25H26ClN3O3S/c1-28(20-10-4-2-5-11-20)33(31,32)24-18-19(14-15-21(24)26)25(30)27-22-12-6-7-13-23(22)29-16-8-3-9-17-29/h2,4-7,10-15,18H,3,8-9,16-17H2,1H3,(H,27,30). The summed E-state index contributed by atoms with van der Waals surface area (Å²) < 4.78 is 27.7. The Bertz CT molecular complexity index is 1240. The molecule has 4 rings (SSSR count). The summed E-state index contributed by atoms with van der Waals surface area (Å²) >= 11 is 6.26. The smallest absolute Gasteiger partial charge is 0.265 e. The van der Waals surface area contributed by atoms with Crippen molar-refractivity contribution in [3.63, 3.8) is 0 Å². The summed E-state index contributed by atoms with van der Waals surface area (Å²) in [6, 6.07) is 20.7. The van der Waals surface area contributed by atoms with Gasteiger partial charge in [-0.15, -0.1) is 0 Å². The van der Waals surface area contributed by atoms with Crippen molar-refractivity contribution in [1.29, 1.82) is 0 Å². The molecule has 0 aromatic heterocycles. The van der Waals surface area contributed by atoms with Gasteiger partial charge < -0.3 is 10.2 Å². The molecule has 1 heterocycles. The summed E-state index contributed by atoms with van der Waals surface area (Å²) in [7, 11) is -2.50. The fraction of sp³-hybridized carbons (Fsp3) is 0.240. The maximum atomic E-state index is 13.3. The Morgan fingerprint density at radius 2 is 1.61 bits per heavy atom. The van der Waals surface area contributed by atoms with Crippen LogP contribution in [0.4, 0.5) is 17.1 Å². The van der Waals surface area contributed by atoms with Gasteiger partial charge in [0, 0.05) is 25.7 Å². The SMILES string of the molecule is CN(c1ccccc1)S(=O)(=O)c1cc(C(=O)Nc2ccccc2N2CCCCC2)ccc1Cl. The van der Waals surface area contributed by atoms with Gasteiger partial charge in [-0.05, 0) is 61.7 Å². The largest absolute Gasteiger partial charge is 0.370 e. The van der Waals surface area contributed by atoms with Crippen LogP contribution in [0.25, 0.3) is 0 Å². The lowest BCUT2D eigenvalue weighted by Gasteiger charge is -2.30. The lowest BCUT2D eigenvalue weighted by molar-refractivity contribution is 0.102. The van der Waals surface area contributed by atoms with Gasteiger partial charge in [-0.25, -0.2) is 8.42 Å². The van der Waals surface area contributed by atoms with E-state index in [1.807, 2.05) is 30.3 Å². The van der Waals surface area contributed by atoms with Crippen molar-refractivity contribution in [2.45, 2.75) is 24.2 Å². The second-order valence-electron chi connectivity index (χ2n) is 7.97. The van der Waals surface area contributed by atoms with Crippen LogP contribution in [0.5, 0.6) is 0 Å². The summed E-state index contributed by atoms with van der Waals surface area (Å²) in [4.78, 5) is 15.2. The van der Waals surface area contributed by atoms with Gasteiger partial charge in [0.25, 0.3) is 15.9 Å². The summed E-state index contributed by atoms with van der Waals surface area (Å²) in [6.07, 6.45) is 3.45. The molecule has 0 bridgehead atoms. The lowest BCUT2D eigenvalue weighted by atomic mass is 10.1. The number of piperidine rings is 1. The van der Waals surface area contributed by atoms with E-state index in [0.29, 0.717) is 11.4 Å². The number of carbonyl (C=O) groups excluding carboxylic acids is 1. The van der Waals surface area contributed by atoms with E-state index in [0.717, 1.165) is 35.9 Å². The van der Waals surface area contributed by atoms with Crippen molar-refractivity contribution >= 4 is 44.6 Å². The maximum Gasteiger partial charge on any atom is 0.265 e. The van der Waals surface area contributed by atoms with Crippen molar-refractivity contribution in [3.05, 3.63) is 83.4 Å². The van der Waals surface area contributed by atoms with Crippen LogP contribution >= 0.6 is 11.6 Å². The summed E-state index contributed by atoms with van der Waals surface area (Å²) in [5.74, 6) is -0.394. The van der Waals surface area contributed by atoms with Crippen molar-refractivity contribution in [1.82, 2.24) is 0 Å². The van der Waals surface area contributed by atoms with Crippen molar-refractivity contribution in [3.8, 4) is 0 Å². The number of hydrogen-bond acceptors (Lipinski definition) is 4. The molecule has 0 aliphatic carbocycles. The van der Waals surface area contributed by atoms with Crippen molar-refractivity contribution in [2.75, 3.05) is 34.7 Å². The molecule has 1 saturated heterocycles. The maximum absolute atomic E-state index is 13.3. The first kappa shape index (κ1) is 23.1. The average molecular weight is 484 g/mol. The molecule has 33 heavy (non-hydrogen) atoms. The van der Waals surface area contributed by atoms with E-state index >= 15 is 0 Å². The van der Waals surface area contributed by atoms with Gasteiger partial charge in [0.15, 0.2) is 0 Å². The van der Waals surface area contributed by atoms with Gasteiger partial charge in [0.2, 0.25) is 0 Å². The van der Waals surface area contributed by atoms with Gasteiger partial charge in [0.05, 0.1) is 22.1 Å². The van der Waals surface area contributed by atoms with Crippen LogP contribution in [0.2, 0.25) is 5.02 Å². The zero-order valence-corrected chi connectivity index (χ0v) is 19.9. The Morgan fingerprint density at radius 3 is 2.33 bits per heavy atom. The minimum Gasteiger partial charge on any atom is -0.370 e. The second-order valence-corrected chi connectivity index (χ2v) is 10.3. The van der Waals surface area contributed by atoms with E-state index in [9.17, 15) is 13.2 Å². The molecule has 3 aromatic carbocycles. The monoisotopic (exact) mass is 483 g/mol. The molecule has 1 aliphatic rings. The van der Waals surface area contributed by atoms with Crippen molar-refractivity contribution in [2.24, 2.45) is 0 Å². The quantitative estimate of drug-likeness (QED) is 0.509. The van der Waals surface area contributed by atoms with E-state index in [4.69, 9.17) is 11.6 Å². The molecular formula is C25H26ClN3O3S. The van der Waals surface area contributed by atoms with Crippen LogP contribution in [-0.4, -0.2) is 34.5 Å². The summed E-state index contributed by atoms with van der Waals surface area (Å²) in [5.41, 5.74) is 2.38. The van der Waals surface area contributed by atoms with E-state index in [1.165, 1.54) is 31.7 Å². The zero-order valence-electron chi connectivity index (χ0n) is 18.4. The molecule has 6 nitrogen and oxygen atoms in total. The number of rotatable bonds is 6. The van der Waals surface area contributed by atoms with E-state index in [1.54, 1.807) is 24.3 Å². The molecule has 0 radical (unpaired) electrons. The first-order valence-corrected chi connectivity index (χ1v) is 12.7. The number of para-hydroxylation sites is 3. The Morgan fingerprint density at radius 1 is 0.939 bits per heavy atom. The van der Waals surface area contributed by atoms with Gasteiger partial charge >= 0.3 is 0 Å². The minimum absolute atomic E-state index is 0.0584. The highest BCUT2D eigenvalue weighted by atomic mass is 35.5. The van der Waals surface area contributed by atoms with E-state index in [2.05, 4.69) is 10.2 Å². The number of sulfonamides is 1.